The molecule has 1 atom stereocenters. The van der Waals surface area contributed by atoms with Crippen molar-refractivity contribution in [1.29, 1.82) is 0 Å². The molecular formula is C12H18N2O3. The molecular weight excluding hydrogens is 220 g/mol. The van der Waals surface area contributed by atoms with E-state index in [1.807, 2.05) is 12.1 Å². The van der Waals surface area contributed by atoms with E-state index >= 15 is 0 Å². The van der Waals surface area contributed by atoms with Crippen molar-refractivity contribution in [2.75, 3.05) is 20.8 Å². The Balaban J connectivity index is 2.92. The van der Waals surface area contributed by atoms with E-state index in [9.17, 15) is 4.79 Å². The molecule has 0 aliphatic heterocycles. The van der Waals surface area contributed by atoms with Crippen molar-refractivity contribution in [3.8, 4) is 11.5 Å². The lowest BCUT2D eigenvalue weighted by atomic mass is 9.98. The lowest BCUT2D eigenvalue weighted by Crippen LogP contribution is -2.31. The minimum atomic E-state index is -0.394. The molecule has 0 aliphatic rings. The van der Waals surface area contributed by atoms with E-state index in [0.29, 0.717) is 17.9 Å². The fourth-order valence-corrected chi connectivity index (χ4v) is 1.57. The van der Waals surface area contributed by atoms with E-state index in [1.54, 1.807) is 20.3 Å². The van der Waals surface area contributed by atoms with Crippen molar-refractivity contribution >= 4 is 5.91 Å². The first-order valence-electron chi connectivity index (χ1n) is 5.32. The molecule has 0 radical (unpaired) electrons. The summed E-state index contributed by atoms with van der Waals surface area (Å²) in [6, 6.07) is 5.45. The lowest BCUT2D eigenvalue weighted by molar-refractivity contribution is -0.121. The van der Waals surface area contributed by atoms with Crippen LogP contribution in [0.2, 0.25) is 0 Å². The van der Waals surface area contributed by atoms with Crippen molar-refractivity contribution in [1.82, 2.24) is 0 Å². The zero-order valence-electron chi connectivity index (χ0n) is 10.1. The van der Waals surface area contributed by atoms with Crippen LogP contribution in [0.25, 0.3) is 0 Å². The molecule has 4 N–H and O–H groups in total. The summed E-state index contributed by atoms with van der Waals surface area (Å²) in [6.07, 6.45) is 0.486. The predicted octanol–water partition coefficient (Wildman–Crippen LogP) is 0.307. The van der Waals surface area contributed by atoms with Gasteiger partial charge in [0.2, 0.25) is 5.91 Å². The first-order valence-corrected chi connectivity index (χ1v) is 5.32. The van der Waals surface area contributed by atoms with Gasteiger partial charge in [-0.3, -0.25) is 4.79 Å². The molecule has 5 heteroatoms. The highest BCUT2D eigenvalue weighted by Gasteiger charge is 2.15. The molecule has 17 heavy (non-hydrogen) atoms. The Kier molecular flexibility index (Phi) is 4.78. The highest BCUT2D eigenvalue weighted by molar-refractivity contribution is 5.77. The lowest BCUT2D eigenvalue weighted by Gasteiger charge is -2.13. The van der Waals surface area contributed by atoms with E-state index in [4.69, 9.17) is 20.9 Å². The molecule has 1 unspecified atom stereocenters. The SMILES string of the molecule is COc1cc(CC(CN)C(N)=O)cc(OC)c1. The Morgan fingerprint density at radius 3 is 2.12 bits per heavy atom. The Bertz CT molecular complexity index is 371. The van der Waals surface area contributed by atoms with Crippen molar-refractivity contribution < 1.29 is 14.3 Å². The Morgan fingerprint density at radius 2 is 1.76 bits per heavy atom. The van der Waals surface area contributed by atoms with Crippen LogP contribution in [-0.2, 0) is 11.2 Å². The van der Waals surface area contributed by atoms with E-state index in [0.717, 1.165) is 5.56 Å². The summed E-state index contributed by atoms with van der Waals surface area (Å²) in [5.41, 5.74) is 11.7. The van der Waals surface area contributed by atoms with Crippen LogP contribution in [0.4, 0.5) is 0 Å². The van der Waals surface area contributed by atoms with Crippen LogP contribution in [0.1, 0.15) is 5.56 Å². The molecule has 0 spiro atoms. The monoisotopic (exact) mass is 238 g/mol. The summed E-state index contributed by atoms with van der Waals surface area (Å²) in [6.45, 7) is 0.231. The normalized spacial score (nSPS) is 11.9. The molecule has 0 heterocycles. The van der Waals surface area contributed by atoms with Gasteiger partial charge in [-0.05, 0) is 24.1 Å². The van der Waals surface area contributed by atoms with E-state index in [1.165, 1.54) is 0 Å². The van der Waals surface area contributed by atoms with Crippen LogP contribution in [-0.4, -0.2) is 26.7 Å². The first kappa shape index (κ1) is 13.3. The fourth-order valence-electron chi connectivity index (χ4n) is 1.57. The molecule has 0 aliphatic carbocycles. The number of nitrogens with two attached hydrogens (primary N) is 2. The summed E-state index contributed by atoms with van der Waals surface area (Å²) in [5.74, 6) is 0.597. The van der Waals surface area contributed by atoms with E-state index in [-0.39, 0.29) is 12.5 Å². The topological polar surface area (TPSA) is 87.6 Å². The van der Waals surface area contributed by atoms with Crippen LogP contribution in [0.5, 0.6) is 11.5 Å². The molecule has 94 valence electrons. The fraction of sp³-hybridized carbons (Fsp3) is 0.417. The van der Waals surface area contributed by atoms with Gasteiger partial charge >= 0.3 is 0 Å². The zero-order valence-corrected chi connectivity index (χ0v) is 10.1. The summed E-state index contributed by atoms with van der Waals surface area (Å²) in [7, 11) is 3.15. The molecule has 0 fully saturated rings. The molecule has 1 rings (SSSR count). The number of primary amides is 1. The van der Waals surface area contributed by atoms with Crippen LogP contribution in [0, 0.1) is 5.92 Å². The van der Waals surface area contributed by atoms with Gasteiger partial charge in [0.05, 0.1) is 20.1 Å². The van der Waals surface area contributed by atoms with Gasteiger partial charge in [-0.1, -0.05) is 0 Å². The van der Waals surface area contributed by atoms with Gasteiger partial charge in [0.15, 0.2) is 0 Å². The van der Waals surface area contributed by atoms with Gasteiger partial charge in [0, 0.05) is 12.6 Å². The number of benzene rings is 1. The first-order chi connectivity index (χ1) is 8.10. The van der Waals surface area contributed by atoms with Gasteiger partial charge in [-0.15, -0.1) is 0 Å². The van der Waals surface area contributed by atoms with Crippen LogP contribution in [0.3, 0.4) is 0 Å². The number of rotatable bonds is 6. The van der Waals surface area contributed by atoms with E-state index in [2.05, 4.69) is 0 Å². The number of carbonyl (C=O) groups excluding carboxylic acids is 1. The maximum Gasteiger partial charge on any atom is 0.222 e. The predicted molar refractivity (Wildman–Crippen MR) is 65.0 cm³/mol. The number of hydrogen-bond acceptors (Lipinski definition) is 4. The van der Waals surface area contributed by atoms with Crippen LogP contribution in [0.15, 0.2) is 18.2 Å². The van der Waals surface area contributed by atoms with Gasteiger partial charge in [-0.25, -0.2) is 0 Å². The minimum Gasteiger partial charge on any atom is -0.497 e. The van der Waals surface area contributed by atoms with Crippen molar-refractivity contribution in [2.45, 2.75) is 6.42 Å². The second-order valence-corrected chi connectivity index (χ2v) is 3.76. The second-order valence-electron chi connectivity index (χ2n) is 3.76. The Labute approximate surface area is 101 Å². The Hall–Kier alpha value is -1.75. The molecule has 0 bridgehead atoms. The average Bonchev–Trinajstić information content (AvgIpc) is 2.34. The molecule has 0 aromatic heterocycles. The maximum absolute atomic E-state index is 11.1. The molecule has 1 aromatic carbocycles. The Morgan fingerprint density at radius 1 is 1.24 bits per heavy atom. The second kappa shape index (κ2) is 6.10. The van der Waals surface area contributed by atoms with Crippen LogP contribution < -0.4 is 20.9 Å². The highest BCUT2D eigenvalue weighted by atomic mass is 16.5. The van der Waals surface area contributed by atoms with Crippen molar-refractivity contribution in [3.05, 3.63) is 23.8 Å². The number of ether oxygens (including phenoxy) is 2. The summed E-state index contributed by atoms with van der Waals surface area (Å²) >= 11 is 0. The summed E-state index contributed by atoms with van der Waals surface area (Å²) in [4.78, 5) is 11.1. The van der Waals surface area contributed by atoms with Gasteiger partial charge in [-0.2, -0.15) is 0 Å². The third-order valence-electron chi connectivity index (χ3n) is 2.58. The maximum atomic E-state index is 11.1. The average molecular weight is 238 g/mol. The number of hydrogen-bond donors (Lipinski definition) is 2. The third-order valence-corrected chi connectivity index (χ3v) is 2.58. The minimum absolute atomic E-state index is 0.231. The molecule has 1 amide bonds. The number of methoxy groups -OCH3 is 2. The standard InChI is InChI=1S/C12H18N2O3/c1-16-10-4-8(5-11(6-10)17-2)3-9(7-13)12(14)15/h4-6,9H,3,7,13H2,1-2H3,(H2,14,15). The smallest absolute Gasteiger partial charge is 0.222 e. The van der Waals surface area contributed by atoms with Crippen molar-refractivity contribution in [3.63, 3.8) is 0 Å². The van der Waals surface area contributed by atoms with Crippen molar-refractivity contribution in [2.24, 2.45) is 17.4 Å². The molecule has 1 aromatic rings. The van der Waals surface area contributed by atoms with Gasteiger partial charge in [0.1, 0.15) is 11.5 Å². The third kappa shape index (κ3) is 3.64. The highest BCUT2D eigenvalue weighted by Crippen LogP contribution is 2.24. The summed E-state index contributed by atoms with van der Waals surface area (Å²) < 4.78 is 10.3. The van der Waals surface area contributed by atoms with Gasteiger partial charge in [0.25, 0.3) is 0 Å². The summed E-state index contributed by atoms with van der Waals surface area (Å²) in [5, 5.41) is 0. The molecule has 0 saturated heterocycles. The zero-order chi connectivity index (χ0) is 12.8. The largest absolute Gasteiger partial charge is 0.497 e. The number of amides is 1. The molecule has 0 saturated carbocycles. The van der Waals surface area contributed by atoms with Gasteiger partial charge < -0.3 is 20.9 Å². The number of carbonyl (C=O) groups is 1. The van der Waals surface area contributed by atoms with Crippen LogP contribution >= 0.6 is 0 Å². The van der Waals surface area contributed by atoms with E-state index < -0.39 is 5.91 Å². The molecule has 5 nitrogen and oxygen atoms in total. The quantitative estimate of drug-likeness (QED) is 0.746.